The molecule has 0 unspecified atom stereocenters. The average Bonchev–Trinajstić information content (AvgIpc) is 3.25. The minimum absolute atomic E-state index is 0.396. The Hall–Kier alpha value is -3.65. The summed E-state index contributed by atoms with van der Waals surface area (Å²) in [4.78, 5) is 9.66. The van der Waals surface area contributed by atoms with Crippen molar-refractivity contribution in [2.24, 2.45) is 12.0 Å². The van der Waals surface area contributed by atoms with Crippen LogP contribution in [0.5, 0.6) is 11.5 Å². The van der Waals surface area contributed by atoms with Crippen molar-refractivity contribution in [2.45, 2.75) is 26.4 Å². The maximum atomic E-state index is 5.42. The lowest BCUT2D eigenvalue weighted by Crippen LogP contribution is -2.31. The Morgan fingerprint density at radius 1 is 1.00 bits per heavy atom. The van der Waals surface area contributed by atoms with E-state index in [4.69, 9.17) is 19.5 Å². The summed E-state index contributed by atoms with van der Waals surface area (Å²) < 4.78 is 14.8. The molecule has 1 aromatic carbocycles. The largest absolute Gasteiger partial charge is 0.497 e. The quantitative estimate of drug-likeness (QED) is 0.447. The van der Waals surface area contributed by atoms with E-state index in [1.165, 1.54) is 0 Å². The second-order valence-corrected chi connectivity index (χ2v) is 8.17. The van der Waals surface area contributed by atoms with Gasteiger partial charge in [0, 0.05) is 67.9 Å². The van der Waals surface area contributed by atoms with Gasteiger partial charge in [0.15, 0.2) is 0 Å². The maximum absolute atomic E-state index is 5.42. The molecule has 0 amide bonds. The fourth-order valence-corrected chi connectivity index (χ4v) is 3.69. The zero-order valence-electron chi connectivity index (χ0n) is 19.7. The van der Waals surface area contributed by atoms with Gasteiger partial charge in [-0.3, -0.25) is 9.67 Å². The van der Waals surface area contributed by atoms with Gasteiger partial charge in [-0.05, 0) is 18.2 Å². The highest BCUT2D eigenvalue weighted by molar-refractivity contribution is 5.80. The van der Waals surface area contributed by atoms with E-state index < -0.39 is 0 Å². The van der Waals surface area contributed by atoms with Crippen LogP contribution in [0.3, 0.4) is 0 Å². The van der Waals surface area contributed by atoms with Crippen LogP contribution >= 0.6 is 0 Å². The molecule has 4 rings (SSSR count). The van der Waals surface area contributed by atoms with Crippen LogP contribution in [0.4, 0.5) is 5.69 Å². The van der Waals surface area contributed by atoms with Crippen LogP contribution in [-0.2, 0) is 13.6 Å². The number of rotatable bonds is 8. The molecule has 0 radical (unpaired) electrons. The third kappa shape index (κ3) is 5.23. The van der Waals surface area contributed by atoms with Gasteiger partial charge in [-0.15, -0.1) is 0 Å². The predicted octanol–water partition coefficient (Wildman–Crippen LogP) is 3.68. The monoisotopic (exact) mass is 446 g/mol. The Labute approximate surface area is 193 Å². The van der Waals surface area contributed by atoms with Crippen molar-refractivity contribution in [2.75, 3.05) is 20.8 Å². The van der Waals surface area contributed by atoms with E-state index in [1.54, 1.807) is 18.9 Å². The summed E-state index contributed by atoms with van der Waals surface area (Å²) in [7, 11) is 5.19. The Balaban J connectivity index is 1.88. The van der Waals surface area contributed by atoms with Gasteiger partial charge in [-0.25, -0.2) is 4.99 Å². The Morgan fingerprint density at radius 2 is 1.76 bits per heavy atom. The molecule has 0 saturated carbocycles. The zero-order valence-corrected chi connectivity index (χ0v) is 19.7. The van der Waals surface area contributed by atoms with Crippen LogP contribution < -0.4 is 20.3 Å². The lowest BCUT2D eigenvalue weighted by molar-refractivity contribution is 0.394. The van der Waals surface area contributed by atoms with Crippen LogP contribution in [0.1, 0.15) is 13.8 Å². The fraction of sp³-hybridized carbons (Fsp3) is 0.320. The molecule has 33 heavy (non-hydrogen) atoms. The van der Waals surface area contributed by atoms with Gasteiger partial charge in [0.2, 0.25) is 0 Å². The van der Waals surface area contributed by atoms with Crippen LogP contribution in [0, 0.1) is 0 Å². The molecule has 0 spiro atoms. The van der Waals surface area contributed by atoms with E-state index in [9.17, 15) is 0 Å². The van der Waals surface area contributed by atoms with Crippen LogP contribution in [-0.4, -0.2) is 46.1 Å². The number of hydrogen-bond acceptors (Lipinski definition) is 6. The highest BCUT2D eigenvalue weighted by Gasteiger charge is 2.09. The predicted molar refractivity (Wildman–Crippen MR) is 130 cm³/mol. The van der Waals surface area contributed by atoms with Gasteiger partial charge in [0.05, 0.1) is 37.1 Å². The van der Waals surface area contributed by atoms with Crippen LogP contribution in [0.15, 0.2) is 60.0 Å². The van der Waals surface area contributed by atoms with Crippen molar-refractivity contribution in [3.05, 3.63) is 60.5 Å². The summed E-state index contributed by atoms with van der Waals surface area (Å²) in [5, 5.41) is 7.80. The van der Waals surface area contributed by atoms with Gasteiger partial charge in [0.1, 0.15) is 17.0 Å². The van der Waals surface area contributed by atoms with E-state index >= 15 is 0 Å². The van der Waals surface area contributed by atoms with Crippen molar-refractivity contribution < 1.29 is 9.47 Å². The van der Waals surface area contributed by atoms with Crippen molar-refractivity contribution in [3.63, 3.8) is 0 Å². The molecule has 3 aromatic heterocycles. The molecular formula is C25H30N6O2. The van der Waals surface area contributed by atoms with E-state index in [0.717, 1.165) is 46.4 Å². The molecule has 0 fully saturated rings. The first-order valence-electron chi connectivity index (χ1n) is 11.0. The maximum Gasteiger partial charge on any atom is 0.133 e. The molecule has 8 nitrogen and oxygen atoms in total. The third-order valence-corrected chi connectivity index (χ3v) is 5.36. The number of nitrogens with zero attached hydrogens (tertiary/aromatic N) is 5. The first kappa shape index (κ1) is 22.5. The molecule has 0 atom stereocenters. The smallest absolute Gasteiger partial charge is 0.133 e. The van der Waals surface area contributed by atoms with Crippen molar-refractivity contribution >= 4 is 16.7 Å². The summed E-state index contributed by atoms with van der Waals surface area (Å²) in [5.41, 5.74) is 5.55. The SMILES string of the molecule is COc1cc(N=c2ccc3ncc(-c4cnn(C)c4)cc3n2CCNC(C)C)cc(OC)c1. The molecule has 0 aliphatic heterocycles. The standard InChI is InChI=1S/C25H30N6O2/c1-17(2)26-8-9-31-24-10-18(19-15-28-30(3)16-19)14-27-23(24)6-7-25(31)29-20-11-21(32-4)13-22(12-20)33-5/h6-7,10-17,26H,8-9H2,1-5H3. The second-order valence-electron chi connectivity index (χ2n) is 8.17. The van der Waals surface area contributed by atoms with Crippen molar-refractivity contribution in [3.8, 4) is 22.6 Å². The minimum atomic E-state index is 0.396. The first-order chi connectivity index (χ1) is 16.0. The topological polar surface area (TPSA) is 78.5 Å². The van der Waals surface area contributed by atoms with Crippen molar-refractivity contribution in [1.82, 2.24) is 24.6 Å². The van der Waals surface area contributed by atoms with E-state index in [2.05, 4.69) is 34.9 Å². The Bertz CT molecular complexity index is 1300. The molecule has 0 aliphatic rings. The molecule has 3 heterocycles. The highest BCUT2D eigenvalue weighted by Crippen LogP contribution is 2.27. The molecular weight excluding hydrogens is 416 g/mol. The number of ether oxygens (including phenoxy) is 2. The molecule has 4 aromatic rings. The molecule has 1 N–H and O–H groups in total. The lowest BCUT2D eigenvalue weighted by Gasteiger charge is -2.15. The average molecular weight is 447 g/mol. The van der Waals surface area contributed by atoms with Gasteiger partial charge < -0.3 is 19.4 Å². The van der Waals surface area contributed by atoms with E-state index in [-0.39, 0.29) is 0 Å². The Morgan fingerprint density at radius 3 is 2.39 bits per heavy atom. The van der Waals surface area contributed by atoms with Gasteiger partial charge in [-0.2, -0.15) is 5.10 Å². The number of benzene rings is 1. The number of pyridine rings is 2. The minimum Gasteiger partial charge on any atom is -0.497 e. The van der Waals surface area contributed by atoms with E-state index in [0.29, 0.717) is 17.5 Å². The number of methoxy groups -OCH3 is 2. The molecule has 0 aliphatic carbocycles. The number of hydrogen-bond donors (Lipinski definition) is 1. The molecule has 172 valence electrons. The van der Waals surface area contributed by atoms with Crippen molar-refractivity contribution in [1.29, 1.82) is 0 Å². The summed E-state index contributed by atoms with van der Waals surface area (Å²) in [5.74, 6) is 1.39. The molecule has 0 saturated heterocycles. The first-order valence-corrected chi connectivity index (χ1v) is 11.0. The van der Waals surface area contributed by atoms with Gasteiger partial charge in [-0.1, -0.05) is 13.8 Å². The number of aromatic nitrogens is 4. The molecule has 8 heteroatoms. The Kier molecular flexibility index (Phi) is 6.74. The van der Waals surface area contributed by atoms with Gasteiger partial charge in [0.25, 0.3) is 0 Å². The summed E-state index contributed by atoms with van der Waals surface area (Å²) in [6, 6.07) is 12.2. The lowest BCUT2D eigenvalue weighted by atomic mass is 10.1. The number of aryl methyl sites for hydroxylation is 1. The fourth-order valence-electron chi connectivity index (χ4n) is 3.69. The van der Waals surface area contributed by atoms with Crippen LogP contribution in [0.2, 0.25) is 0 Å². The summed E-state index contributed by atoms with van der Waals surface area (Å²) >= 11 is 0. The number of fused-ring (bicyclic) bond motifs is 1. The zero-order chi connectivity index (χ0) is 23.4. The normalized spacial score (nSPS) is 12.0. The van der Waals surface area contributed by atoms with Gasteiger partial charge >= 0.3 is 0 Å². The molecule has 0 bridgehead atoms. The van der Waals surface area contributed by atoms with E-state index in [1.807, 2.05) is 56.0 Å². The third-order valence-electron chi connectivity index (χ3n) is 5.36. The summed E-state index contributed by atoms with van der Waals surface area (Å²) in [6.07, 6.45) is 5.73. The summed E-state index contributed by atoms with van der Waals surface area (Å²) in [6.45, 7) is 5.84. The number of nitrogens with one attached hydrogen (secondary N) is 1. The highest BCUT2D eigenvalue weighted by atomic mass is 16.5. The second kappa shape index (κ2) is 9.87. The van der Waals surface area contributed by atoms with Crippen LogP contribution in [0.25, 0.3) is 22.2 Å².